The van der Waals surface area contributed by atoms with Crippen molar-refractivity contribution in [2.75, 3.05) is 25.7 Å². The van der Waals surface area contributed by atoms with Gasteiger partial charge in [-0.15, -0.1) is 0 Å². The first-order valence-electron chi connectivity index (χ1n) is 7.92. The second-order valence-corrected chi connectivity index (χ2v) is 8.09. The predicted molar refractivity (Wildman–Crippen MR) is 92.6 cm³/mol. The fourth-order valence-corrected chi connectivity index (χ4v) is 4.86. The number of methoxy groups -OCH3 is 2. The van der Waals surface area contributed by atoms with Crippen molar-refractivity contribution in [3.8, 4) is 0 Å². The zero-order valence-corrected chi connectivity index (χ0v) is 16.5. The van der Waals surface area contributed by atoms with Gasteiger partial charge in [0.05, 0.1) is 19.8 Å². The number of hydrogen-bond donors (Lipinski definition) is 2. The standard InChI is InChI=1S/C16H24N2O7S/c1-9-10(11(19)23-5)15(12(20)24-6)7-26-8-16(15,22)18(9)17-13(21)25-14(2,3)4/h22H,7-8H2,1-6H3,(H,17,21). The molecule has 0 aliphatic carbocycles. The van der Waals surface area contributed by atoms with E-state index >= 15 is 0 Å². The topological polar surface area (TPSA) is 114 Å². The van der Waals surface area contributed by atoms with Crippen molar-refractivity contribution < 1.29 is 33.7 Å². The molecule has 0 saturated carbocycles. The lowest BCUT2D eigenvalue weighted by molar-refractivity contribution is -0.181. The number of hydrogen-bond acceptors (Lipinski definition) is 9. The van der Waals surface area contributed by atoms with Crippen molar-refractivity contribution in [1.82, 2.24) is 10.4 Å². The van der Waals surface area contributed by atoms with E-state index in [2.05, 4.69) is 5.43 Å². The average molecular weight is 388 g/mol. The molecule has 1 saturated heterocycles. The summed E-state index contributed by atoms with van der Waals surface area (Å²) >= 11 is 1.26. The molecule has 0 bridgehead atoms. The highest BCUT2D eigenvalue weighted by Gasteiger charge is 2.72. The Morgan fingerprint density at radius 2 is 1.81 bits per heavy atom. The summed E-state index contributed by atoms with van der Waals surface area (Å²) in [6.45, 7) is 6.59. The first-order valence-corrected chi connectivity index (χ1v) is 9.08. The highest BCUT2D eigenvalue weighted by Crippen LogP contribution is 2.57. The quantitative estimate of drug-likeness (QED) is 0.535. The molecule has 0 radical (unpaired) electrons. The van der Waals surface area contributed by atoms with Crippen LogP contribution in [0.1, 0.15) is 27.7 Å². The van der Waals surface area contributed by atoms with Crippen LogP contribution in [-0.2, 0) is 23.8 Å². The third-order valence-corrected chi connectivity index (χ3v) is 5.57. The van der Waals surface area contributed by atoms with Crippen molar-refractivity contribution in [2.24, 2.45) is 5.41 Å². The molecule has 2 heterocycles. The number of ether oxygens (including phenoxy) is 3. The van der Waals surface area contributed by atoms with Crippen LogP contribution in [0.3, 0.4) is 0 Å². The molecule has 2 unspecified atom stereocenters. The zero-order valence-electron chi connectivity index (χ0n) is 15.7. The van der Waals surface area contributed by atoms with Crippen LogP contribution in [0.4, 0.5) is 4.79 Å². The monoisotopic (exact) mass is 388 g/mol. The molecule has 2 atom stereocenters. The number of hydrazine groups is 1. The molecule has 10 heteroatoms. The van der Waals surface area contributed by atoms with Crippen LogP contribution in [-0.4, -0.2) is 65.2 Å². The Balaban J connectivity index is 2.53. The Bertz CT molecular complexity index is 672. The van der Waals surface area contributed by atoms with Crippen molar-refractivity contribution in [1.29, 1.82) is 0 Å². The van der Waals surface area contributed by atoms with Crippen molar-refractivity contribution >= 4 is 29.8 Å². The van der Waals surface area contributed by atoms with Gasteiger partial charge in [0.1, 0.15) is 5.60 Å². The zero-order chi connectivity index (χ0) is 19.9. The molecule has 9 nitrogen and oxygen atoms in total. The summed E-state index contributed by atoms with van der Waals surface area (Å²) in [4.78, 5) is 37.3. The minimum absolute atomic E-state index is 0.0459. The van der Waals surface area contributed by atoms with Gasteiger partial charge in [0, 0.05) is 17.2 Å². The van der Waals surface area contributed by atoms with Crippen molar-refractivity contribution in [3.63, 3.8) is 0 Å². The lowest BCUT2D eigenvalue weighted by Gasteiger charge is -2.40. The second kappa shape index (κ2) is 6.66. The number of carbonyl (C=O) groups excluding carboxylic acids is 3. The Kier molecular flexibility index (Phi) is 5.22. The fraction of sp³-hybridized carbons (Fsp3) is 0.688. The number of allylic oxidation sites excluding steroid dienone is 1. The molecule has 0 aromatic heterocycles. The largest absolute Gasteiger partial charge is 0.468 e. The second-order valence-electron chi connectivity index (χ2n) is 7.11. The SMILES string of the molecule is COC(=O)C1=C(C)N(NC(=O)OC(C)(C)C)C2(O)CSCC12C(=O)OC. The molecule has 2 N–H and O–H groups in total. The molecule has 2 aliphatic rings. The van der Waals surface area contributed by atoms with Gasteiger partial charge in [-0.05, 0) is 27.7 Å². The van der Waals surface area contributed by atoms with Gasteiger partial charge in [-0.3, -0.25) is 9.80 Å². The van der Waals surface area contributed by atoms with Gasteiger partial charge < -0.3 is 19.3 Å². The van der Waals surface area contributed by atoms with Gasteiger partial charge in [-0.25, -0.2) is 15.0 Å². The van der Waals surface area contributed by atoms with Gasteiger partial charge in [-0.1, -0.05) is 0 Å². The van der Waals surface area contributed by atoms with E-state index in [-0.39, 0.29) is 22.8 Å². The van der Waals surface area contributed by atoms with E-state index in [1.807, 2.05) is 0 Å². The minimum atomic E-state index is -1.89. The summed E-state index contributed by atoms with van der Waals surface area (Å²) in [5.74, 6) is -1.39. The van der Waals surface area contributed by atoms with E-state index in [1.165, 1.54) is 32.9 Å². The van der Waals surface area contributed by atoms with Crippen LogP contribution in [0.15, 0.2) is 11.3 Å². The Labute approximate surface area is 156 Å². The number of aliphatic hydroxyl groups is 1. The fourth-order valence-electron chi connectivity index (χ4n) is 3.30. The maximum absolute atomic E-state index is 12.7. The molecule has 0 aromatic carbocycles. The Morgan fingerprint density at radius 3 is 2.31 bits per heavy atom. The highest BCUT2D eigenvalue weighted by atomic mass is 32.2. The van der Waals surface area contributed by atoms with Gasteiger partial charge in [0.2, 0.25) is 0 Å². The number of amides is 1. The van der Waals surface area contributed by atoms with Crippen LogP contribution < -0.4 is 5.43 Å². The molecular formula is C16H24N2O7S. The van der Waals surface area contributed by atoms with Crippen LogP contribution in [0.25, 0.3) is 0 Å². The molecule has 146 valence electrons. The number of fused-ring (bicyclic) bond motifs is 1. The summed E-state index contributed by atoms with van der Waals surface area (Å²) in [6, 6.07) is 0. The number of esters is 2. The van der Waals surface area contributed by atoms with Crippen molar-refractivity contribution in [3.05, 3.63) is 11.3 Å². The summed E-state index contributed by atoms with van der Waals surface area (Å²) in [5, 5.41) is 12.5. The lowest BCUT2D eigenvalue weighted by Crippen LogP contribution is -2.63. The highest BCUT2D eigenvalue weighted by molar-refractivity contribution is 7.99. The van der Waals surface area contributed by atoms with Gasteiger partial charge >= 0.3 is 18.0 Å². The number of nitrogens with one attached hydrogen (secondary N) is 1. The minimum Gasteiger partial charge on any atom is -0.468 e. The van der Waals surface area contributed by atoms with Crippen LogP contribution in [0.5, 0.6) is 0 Å². The van der Waals surface area contributed by atoms with E-state index in [1.54, 1.807) is 20.8 Å². The molecule has 0 aromatic rings. The molecular weight excluding hydrogens is 364 g/mol. The first-order chi connectivity index (χ1) is 11.9. The van der Waals surface area contributed by atoms with Gasteiger partial charge in [-0.2, -0.15) is 11.8 Å². The van der Waals surface area contributed by atoms with Crippen molar-refractivity contribution in [2.45, 2.75) is 39.0 Å². The summed E-state index contributed by atoms with van der Waals surface area (Å²) < 4.78 is 14.9. The maximum Gasteiger partial charge on any atom is 0.426 e. The molecule has 2 rings (SSSR count). The Hall–Kier alpha value is -1.94. The van der Waals surface area contributed by atoms with Gasteiger partial charge in [0.25, 0.3) is 0 Å². The molecule has 2 aliphatic heterocycles. The summed E-state index contributed by atoms with van der Waals surface area (Å²) in [5.41, 5.74) is -1.75. The number of thioether (sulfide) groups is 1. The normalized spacial score (nSPS) is 27.9. The first kappa shape index (κ1) is 20.4. The van der Waals surface area contributed by atoms with E-state index < -0.39 is 34.8 Å². The molecule has 1 fully saturated rings. The number of carbonyl (C=O) groups is 3. The van der Waals surface area contributed by atoms with E-state index in [0.717, 1.165) is 5.01 Å². The Morgan fingerprint density at radius 1 is 1.19 bits per heavy atom. The van der Waals surface area contributed by atoms with Gasteiger partial charge in [0.15, 0.2) is 11.1 Å². The molecule has 26 heavy (non-hydrogen) atoms. The van der Waals surface area contributed by atoms with Crippen LogP contribution in [0.2, 0.25) is 0 Å². The number of nitrogens with zero attached hydrogens (tertiary/aromatic N) is 1. The predicted octanol–water partition coefficient (Wildman–Crippen LogP) is 0.783. The van der Waals surface area contributed by atoms with E-state index in [4.69, 9.17) is 14.2 Å². The average Bonchev–Trinajstić information content (AvgIpc) is 2.96. The van der Waals surface area contributed by atoms with Crippen LogP contribution in [0, 0.1) is 5.41 Å². The smallest absolute Gasteiger partial charge is 0.426 e. The van der Waals surface area contributed by atoms with Crippen LogP contribution >= 0.6 is 11.8 Å². The third kappa shape index (κ3) is 2.90. The molecule has 1 amide bonds. The number of rotatable bonds is 3. The molecule has 0 spiro atoms. The third-order valence-electron chi connectivity index (χ3n) is 4.32. The summed E-state index contributed by atoms with van der Waals surface area (Å²) in [7, 11) is 2.35. The van der Waals surface area contributed by atoms with E-state index in [0.29, 0.717) is 0 Å². The maximum atomic E-state index is 12.7. The summed E-state index contributed by atoms with van der Waals surface area (Å²) in [6.07, 6.45) is -0.827. The lowest BCUT2D eigenvalue weighted by atomic mass is 9.75. The van der Waals surface area contributed by atoms with E-state index in [9.17, 15) is 19.5 Å².